The number of ketones is 1. The first kappa shape index (κ1) is 19.2. The molecule has 4 fully saturated rings. The van der Waals surface area contributed by atoms with Gasteiger partial charge in [0.25, 0.3) is 0 Å². The first-order valence-electron chi connectivity index (χ1n) is 10.9. The highest BCUT2D eigenvalue weighted by Gasteiger charge is 2.60. The van der Waals surface area contributed by atoms with Crippen LogP contribution in [-0.4, -0.2) is 24.1 Å². The van der Waals surface area contributed by atoms with Crippen LogP contribution in [0.5, 0.6) is 0 Å². The van der Waals surface area contributed by atoms with Gasteiger partial charge in [-0.2, -0.15) is 0 Å². The highest BCUT2D eigenvalue weighted by molar-refractivity contribution is 5.87. The van der Waals surface area contributed by atoms with Gasteiger partial charge in [0.05, 0.1) is 5.71 Å². The molecule has 4 aliphatic rings. The van der Waals surface area contributed by atoms with Gasteiger partial charge in [0.2, 0.25) is 0 Å². The van der Waals surface area contributed by atoms with E-state index in [9.17, 15) is 4.79 Å². The Kier molecular flexibility index (Phi) is 4.77. The Bertz CT molecular complexity index is 669. The molecule has 0 aromatic rings. The molecule has 2 N–H and O–H groups in total. The number of carbonyl (C=O) groups excluding carboxylic acids is 1. The van der Waals surface area contributed by atoms with Crippen LogP contribution in [0.2, 0.25) is 0 Å². The molecule has 4 heteroatoms. The number of Topliss-reactive ketones (excluding diaryl/α,β-unsaturated/α-hetero) is 1. The van der Waals surface area contributed by atoms with Crippen LogP contribution in [0.3, 0.4) is 0 Å². The fourth-order valence-electron chi connectivity index (χ4n) is 7.15. The van der Waals surface area contributed by atoms with Gasteiger partial charge in [-0.3, -0.25) is 4.79 Å². The molecule has 0 heterocycles. The van der Waals surface area contributed by atoms with Gasteiger partial charge in [-0.05, 0) is 81.0 Å². The Hall–Kier alpha value is -1.16. The Morgan fingerprint density at radius 2 is 2.00 bits per heavy atom. The predicted octanol–water partition coefficient (Wildman–Crippen LogP) is 4.48. The molecule has 4 aliphatic carbocycles. The molecule has 4 nitrogen and oxygen atoms in total. The molecular weight excluding hydrogens is 336 g/mol. The molecule has 27 heavy (non-hydrogen) atoms. The molecule has 150 valence electrons. The molecule has 4 saturated carbocycles. The first-order valence-corrected chi connectivity index (χ1v) is 10.9. The number of oxime groups is 1. The summed E-state index contributed by atoms with van der Waals surface area (Å²) in [6.07, 6.45) is 8.46. The zero-order valence-electron chi connectivity index (χ0n) is 17.3. The molecule has 0 amide bonds. The van der Waals surface area contributed by atoms with Crippen LogP contribution in [0.25, 0.3) is 0 Å². The van der Waals surface area contributed by atoms with Crippen molar-refractivity contribution >= 4 is 11.5 Å². The summed E-state index contributed by atoms with van der Waals surface area (Å²) in [4.78, 5) is 18.0. The van der Waals surface area contributed by atoms with E-state index in [-0.39, 0.29) is 11.5 Å². The van der Waals surface area contributed by atoms with E-state index in [1.807, 2.05) is 6.92 Å². The van der Waals surface area contributed by atoms with E-state index >= 15 is 0 Å². The molecule has 0 bridgehead atoms. The number of fused-ring (bicyclic) bond motifs is 5. The molecule has 0 aromatic carbocycles. The van der Waals surface area contributed by atoms with Crippen LogP contribution in [0.4, 0.5) is 0 Å². The van der Waals surface area contributed by atoms with Crippen LogP contribution < -0.4 is 5.73 Å². The van der Waals surface area contributed by atoms with Crippen LogP contribution in [-0.2, 0) is 9.63 Å². The maximum Gasteiger partial charge on any atom is 0.139 e. The van der Waals surface area contributed by atoms with E-state index in [1.54, 1.807) is 0 Å². The lowest BCUT2D eigenvalue weighted by atomic mass is 9.44. The third kappa shape index (κ3) is 2.99. The van der Waals surface area contributed by atoms with Crippen molar-refractivity contribution in [1.29, 1.82) is 0 Å². The molecule has 4 rings (SSSR count). The predicted molar refractivity (Wildman–Crippen MR) is 108 cm³/mol. The van der Waals surface area contributed by atoms with Crippen LogP contribution in [0, 0.1) is 34.5 Å². The van der Waals surface area contributed by atoms with Gasteiger partial charge in [-0.15, -0.1) is 0 Å². The summed E-state index contributed by atoms with van der Waals surface area (Å²) in [5.74, 6) is 2.97. The number of nitrogens with two attached hydrogens (primary N) is 1. The van der Waals surface area contributed by atoms with Crippen molar-refractivity contribution in [3.05, 3.63) is 12.2 Å². The summed E-state index contributed by atoms with van der Waals surface area (Å²) in [6.45, 7) is 11.7. The number of hydrogen-bond donors (Lipinski definition) is 1. The maximum absolute atomic E-state index is 12.6. The van der Waals surface area contributed by atoms with Crippen molar-refractivity contribution < 1.29 is 9.63 Å². The monoisotopic (exact) mass is 372 g/mol. The van der Waals surface area contributed by atoms with Crippen molar-refractivity contribution in [2.24, 2.45) is 45.4 Å². The Labute approximate surface area is 164 Å². The van der Waals surface area contributed by atoms with E-state index in [2.05, 4.69) is 25.6 Å². The SMILES string of the molecule is C=C1C[C@@H]2[C@H](CC[C@]3(C)C(=O)CC[C@@H]23)[C@@]2(C)CCC(=NOCC(C)N)CC12. The summed E-state index contributed by atoms with van der Waals surface area (Å²) in [5.41, 5.74) is 8.57. The van der Waals surface area contributed by atoms with E-state index in [0.29, 0.717) is 35.6 Å². The average Bonchev–Trinajstić information content (AvgIpc) is 2.91. The van der Waals surface area contributed by atoms with Crippen molar-refractivity contribution in [2.45, 2.75) is 78.2 Å². The molecule has 0 aromatic heterocycles. The highest BCUT2D eigenvalue weighted by atomic mass is 16.6. The minimum Gasteiger partial charge on any atom is -0.394 e. The summed E-state index contributed by atoms with van der Waals surface area (Å²) < 4.78 is 0. The average molecular weight is 373 g/mol. The Balaban J connectivity index is 1.54. The van der Waals surface area contributed by atoms with Gasteiger partial charge in [0.15, 0.2) is 0 Å². The van der Waals surface area contributed by atoms with Gasteiger partial charge in [0, 0.05) is 17.9 Å². The number of allylic oxidation sites excluding steroid dienone is 1. The van der Waals surface area contributed by atoms with Crippen LogP contribution in [0.15, 0.2) is 17.3 Å². The number of hydrogen-bond acceptors (Lipinski definition) is 4. The lowest BCUT2D eigenvalue weighted by Crippen LogP contribution is -2.54. The highest BCUT2D eigenvalue weighted by Crippen LogP contribution is 2.66. The van der Waals surface area contributed by atoms with Crippen molar-refractivity contribution in [2.75, 3.05) is 6.61 Å². The van der Waals surface area contributed by atoms with Crippen molar-refractivity contribution in [3.8, 4) is 0 Å². The quantitative estimate of drug-likeness (QED) is 0.586. The van der Waals surface area contributed by atoms with Crippen molar-refractivity contribution in [3.63, 3.8) is 0 Å². The Morgan fingerprint density at radius 1 is 1.22 bits per heavy atom. The zero-order valence-corrected chi connectivity index (χ0v) is 17.3. The van der Waals surface area contributed by atoms with Gasteiger partial charge >= 0.3 is 0 Å². The summed E-state index contributed by atoms with van der Waals surface area (Å²) in [6, 6.07) is 0.0132. The zero-order chi connectivity index (χ0) is 19.4. The number of rotatable bonds is 3. The fourth-order valence-corrected chi connectivity index (χ4v) is 7.15. The van der Waals surface area contributed by atoms with E-state index in [0.717, 1.165) is 50.9 Å². The van der Waals surface area contributed by atoms with E-state index in [4.69, 9.17) is 10.6 Å². The summed E-state index contributed by atoms with van der Waals surface area (Å²) >= 11 is 0. The molecular formula is C23H36N2O2. The van der Waals surface area contributed by atoms with Gasteiger partial charge in [-0.25, -0.2) is 0 Å². The maximum atomic E-state index is 12.6. The largest absolute Gasteiger partial charge is 0.394 e. The number of carbonyl (C=O) groups is 1. The van der Waals surface area contributed by atoms with E-state index < -0.39 is 0 Å². The molecule has 0 aliphatic heterocycles. The fraction of sp³-hybridized carbons (Fsp3) is 0.826. The normalized spacial score (nSPS) is 46.6. The molecule has 7 atom stereocenters. The third-order valence-corrected chi connectivity index (χ3v) is 8.70. The second-order valence-corrected chi connectivity index (χ2v) is 10.4. The van der Waals surface area contributed by atoms with Gasteiger partial charge in [-0.1, -0.05) is 31.2 Å². The molecule has 0 radical (unpaired) electrons. The first-order chi connectivity index (χ1) is 12.8. The van der Waals surface area contributed by atoms with Gasteiger partial charge in [0.1, 0.15) is 12.4 Å². The second kappa shape index (κ2) is 6.72. The summed E-state index contributed by atoms with van der Waals surface area (Å²) in [5, 5.41) is 4.41. The summed E-state index contributed by atoms with van der Waals surface area (Å²) in [7, 11) is 0. The standard InChI is InChI=1S/C23H36N2O2/c1-14-11-17-18-5-6-21(26)23(18,4)10-8-19(17)22(3)9-7-16(12-20(14)22)25-27-13-15(2)24/h15,17-20H,1,5-13,24H2,2-4H3/t15?,17-,18-,19-,20?,22+,23-/m0/s1. The van der Waals surface area contributed by atoms with E-state index in [1.165, 1.54) is 17.7 Å². The Morgan fingerprint density at radius 3 is 2.74 bits per heavy atom. The second-order valence-electron chi connectivity index (χ2n) is 10.4. The van der Waals surface area contributed by atoms with Crippen molar-refractivity contribution in [1.82, 2.24) is 0 Å². The van der Waals surface area contributed by atoms with Crippen LogP contribution in [0.1, 0.15) is 72.1 Å². The lowest BCUT2D eigenvalue weighted by Gasteiger charge is -2.60. The van der Waals surface area contributed by atoms with Crippen LogP contribution >= 0.6 is 0 Å². The smallest absolute Gasteiger partial charge is 0.139 e. The minimum atomic E-state index is -0.0569. The number of nitrogens with zero attached hydrogens (tertiary/aromatic N) is 1. The lowest BCUT2D eigenvalue weighted by molar-refractivity contribution is -0.134. The van der Waals surface area contributed by atoms with Gasteiger partial charge < -0.3 is 10.6 Å². The topological polar surface area (TPSA) is 64.7 Å². The molecule has 0 spiro atoms. The molecule has 0 saturated heterocycles. The third-order valence-electron chi connectivity index (χ3n) is 8.70. The minimum absolute atomic E-state index is 0.0132. The molecule has 2 unspecified atom stereocenters.